The van der Waals surface area contributed by atoms with Gasteiger partial charge in [0.25, 0.3) is 5.82 Å². The van der Waals surface area contributed by atoms with Gasteiger partial charge in [0.05, 0.1) is 0 Å². The number of nitrogens with zero attached hydrogens (tertiary/aromatic N) is 2. The van der Waals surface area contributed by atoms with Gasteiger partial charge in [-0.1, -0.05) is 0 Å². The van der Waals surface area contributed by atoms with Gasteiger partial charge >= 0.3 is 5.82 Å². The Morgan fingerprint density at radius 3 is 1.90 bits per heavy atom. The van der Waals surface area contributed by atoms with Gasteiger partial charge in [-0.25, -0.2) is 0 Å². The van der Waals surface area contributed by atoms with Crippen molar-refractivity contribution in [2.24, 2.45) is 11.5 Å². The highest BCUT2D eigenvalue weighted by molar-refractivity contribution is 4.89. The summed E-state index contributed by atoms with van der Waals surface area (Å²) in [7, 11) is 0. The van der Waals surface area contributed by atoms with Gasteiger partial charge in [-0.3, -0.25) is 20.2 Å². The van der Waals surface area contributed by atoms with Crippen molar-refractivity contribution in [1.29, 1.82) is 0 Å². The SMILES string of the molecule is [2H]NC(N)=C([N+](=O)[O-])[N+](=O)[O-]. The van der Waals surface area contributed by atoms with E-state index in [1.807, 2.05) is 0 Å². The molecule has 0 saturated heterocycles. The summed E-state index contributed by atoms with van der Waals surface area (Å²) in [5.41, 5.74) is 6.07. The van der Waals surface area contributed by atoms with Gasteiger partial charge in [0.1, 0.15) is 9.85 Å². The fraction of sp³-hybridized carbons (Fsp3) is 0. The zero-order valence-corrected chi connectivity index (χ0v) is 4.60. The lowest BCUT2D eigenvalue weighted by Crippen LogP contribution is -2.21. The molecular formula is C2H4N4O4. The maximum atomic E-state index is 9.84. The van der Waals surface area contributed by atoms with Crippen LogP contribution >= 0.6 is 0 Å². The van der Waals surface area contributed by atoms with Crippen LogP contribution in [0.3, 0.4) is 0 Å². The van der Waals surface area contributed by atoms with E-state index in [-0.39, 0.29) is 0 Å². The average molecular weight is 149 g/mol. The van der Waals surface area contributed by atoms with Crippen molar-refractivity contribution in [2.75, 3.05) is 0 Å². The third kappa shape index (κ3) is 1.58. The Balaban J connectivity index is 4.88. The van der Waals surface area contributed by atoms with E-state index in [0.717, 1.165) is 0 Å². The molecule has 0 atom stereocenters. The van der Waals surface area contributed by atoms with Gasteiger partial charge in [-0.05, 0) is 0 Å². The van der Waals surface area contributed by atoms with Crippen molar-refractivity contribution in [3.8, 4) is 0 Å². The minimum absolute atomic E-state index is 0.903. The van der Waals surface area contributed by atoms with Crippen molar-refractivity contribution >= 4 is 0 Å². The van der Waals surface area contributed by atoms with Crippen LogP contribution in [0.2, 0.25) is 1.41 Å². The first-order valence-corrected chi connectivity index (χ1v) is 1.97. The Morgan fingerprint density at radius 1 is 1.40 bits per heavy atom. The molecule has 0 heterocycles. The Morgan fingerprint density at radius 2 is 1.80 bits per heavy atom. The van der Waals surface area contributed by atoms with Crippen LogP contribution in [0.5, 0.6) is 0 Å². The summed E-state index contributed by atoms with van der Waals surface area (Å²) in [4.78, 5) is 17.1. The number of rotatable bonds is 3. The van der Waals surface area contributed by atoms with E-state index in [1.165, 1.54) is 5.73 Å². The third-order valence-corrected chi connectivity index (χ3v) is 0.587. The molecule has 0 aliphatic rings. The second-order valence-electron chi connectivity index (χ2n) is 1.25. The molecule has 0 amide bonds. The topological polar surface area (TPSA) is 138 Å². The van der Waals surface area contributed by atoms with E-state index in [4.69, 9.17) is 7.15 Å². The largest absolute Gasteiger partial charge is 0.598 e. The number of nitrogens with two attached hydrogens (primary N) is 2. The molecule has 0 bridgehead atoms. The van der Waals surface area contributed by atoms with E-state index < -0.39 is 21.5 Å². The molecule has 10 heavy (non-hydrogen) atoms. The third-order valence-electron chi connectivity index (χ3n) is 0.587. The normalized spacial score (nSPS) is 9.40. The number of nitro groups is 2. The monoisotopic (exact) mass is 149 g/mol. The first kappa shape index (κ1) is 6.26. The molecule has 0 fully saturated rings. The van der Waals surface area contributed by atoms with Crippen LogP contribution in [0.4, 0.5) is 0 Å². The second kappa shape index (κ2) is 2.62. The minimum atomic E-state index is -1.43. The fourth-order valence-corrected chi connectivity index (χ4v) is 0.263. The summed E-state index contributed by atoms with van der Waals surface area (Å²) in [5.74, 6) is -2.33. The number of hydrogen-bond acceptors (Lipinski definition) is 6. The zero-order chi connectivity index (χ0) is 9.02. The van der Waals surface area contributed by atoms with Crippen LogP contribution in [0.1, 0.15) is 0 Å². The summed E-state index contributed by atoms with van der Waals surface area (Å²) in [6, 6.07) is 0. The lowest BCUT2D eigenvalue weighted by molar-refractivity contribution is -0.617. The Labute approximate surface area is 55.9 Å². The molecule has 0 aromatic rings. The first-order valence-electron chi connectivity index (χ1n) is 2.47. The first-order chi connectivity index (χ1) is 5.00. The van der Waals surface area contributed by atoms with Crippen LogP contribution in [0.25, 0.3) is 0 Å². The van der Waals surface area contributed by atoms with Crippen molar-refractivity contribution in [1.82, 2.24) is 0 Å². The van der Waals surface area contributed by atoms with Gasteiger partial charge < -0.3 is 11.5 Å². The summed E-state index contributed by atoms with van der Waals surface area (Å²) in [5, 5.41) is 19.7. The van der Waals surface area contributed by atoms with Crippen molar-refractivity contribution < 1.29 is 11.3 Å². The highest BCUT2D eigenvalue weighted by Gasteiger charge is 2.28. The fourth-order valence-electron chi connectivity index (χ4n) is 0.263. The van der Waals surface area contributed by atoms with Gasteiger partial charge in [0.15, 0.2) is 1.41 Å². The van der Waals surface area contributed by atoms with Crippen LogP contribution in [-0.2, 0) is 0 Å². The molecule has 0 aliphatic heterocycles. The standard InChI is InChI=1S/C2H4N4O4/c3-1(4)2(5(7)8)6(9)10/h3-4H2/i/hD. The molecule has 8 nitrogen and oxygen atoms in total. The summed E-state index contributed by atoms with van der Waals surface area (Å²) in [6.45, 7) is 0. The van der Waals surface area contributed by atoms with E-state index >= 15 is 0 Å². The molecule has 0 rings (SSSR count). The molecular weight excluding hydrogens is 144 g/mol. The molecule has 0 aliphatic carbocycles. The van der Waals surface area contributed by atoms with Crippen LogP contribution in [0.15, 0.2) is 11.6 Å². The lowest BCUT2D eigenvalue weighted by atomic mass is 10.7. The Bertz CT molecular complexity index is 208. The van der Waals surface area contributed by atoms with Crippen molar-refractivity contribution in [3.63, 3.8) is 0 Å². The summed E-state index contributed by atoms with van der Waals surface area (Å²) >= 11 is 0. The quantitative estimate of drug-likeness (QED) is 0.373. The maximum Gasteiger partial charge on any atom is 0.598 e. The van der Waals surface area contributed by atoms with Gasteiger partial charge in [0, 0.05) is 0 Å². The second-order valence-corrected chi connectivity index (χ2v) is 1.25. The highest BCUT2D eigenvalue weighted by Crippen LogP contribution is 1.95. The van der Waals surface area contributed by atoms with Crippen molar-refractivity contribution in [3.05, 3.63) is 31.9 Å². The average Bonchev–Trinajstić information content (AvgIpc) is 1.85. The number of hydrogen-bond donors (Lipinski definition) is 2. The predicted octanol–water partition coefficient (Wildman–Crippen LogP) is -1.42. The maximum absolute atomic E-state index is 9.84. The minimum Gasteiger partial charge on any atom is -0.374 e. The van der Waals surface area contributed by atoms with E-state index in [2.05, 4.69) is 0 Å². The van der Waals surface area contributed by atoms with E-state index in [1.54, 1.807) is 0 Å². The summed E-state index contributed by atoms with van der Waals surface area (Å²) in [6.07, 6.45) is 0. The van der Waals surface area contributed by atoms with E-state index in [0.29, 0.717) is 0 Å². The molecule has 4 N–H and O–H groups in total. The lowest BCUT2D eigenvalue weighted by Gasteiger charge is -1.87. The van der Waals surface area contributed by atoms with Crippen LogP contribution in [0, 0.1) is 20.2 Å². The van der Waals surface area contributed by atoms with Crippen LogP contribution < -0.4 is 11.5 Å². The zero-order valence-electron chi connectivity index (χ0n) is 5.60. The molecule has 0 aromatic heterocycles. The Kier molecular flexibility index (Phi) is 1.64. The van der Waals surface area contributed by atoms with Gasteiger partial charge in [-0.15, -0.1) is 0 Å². The van der Waals surface area contributed by atoms with Crippen LogP contribution in [-0.4, -0.2) is 9.85 Å². The smallest absolute Gasteiger partial charge is 0.374 e. The van der Waals surface area contributed by atoms with Crippen molar-refractivity contribution in [2.45, 2.75) is 0 Å². The Hall–Kier alpha value is -1.86. The van der Waals surface area contributed by atoms with E-state index in [9.17, 15) is 20.2 Å². The molecule has 0 radical (unpaired) electrons. The van der Waals surface area contributed by atoms with Gasteiger partial charge in [0.2, 0.25) is 0 Å². The summed E-state index contributed by atoms with van der Waals surface area (Å²) < 4.78 is 6.28. The molecule has 8 heteroatoms. The highest BCUT2D eigenvalue weighted by atomic mass is 16.7. The molecule has 0 saturated carbocycles. The molecule has 0 spiro atoms. The predicted molar refractivity (Wildman–Crippen MR) is 29.4 cm³/mol. The molecule has 0 unspecified atom stereocenters. The molecule has 0 aromatic carbocycles. The van der Waals surface area contributed by atoms with Gasteiger partial charge in [-0.2, -0.15) is 0 Å². The molecule has 56 valence electrons.